The minimum absolute atomic E-state index is 0. The molecule has 0 aliphatic carbocycles. The van der Waals surface area contributed by atoms with Crippen LogP contribution in [0.2, 0.25) is 0 Å². The molecule has 0 aromatic heterocycles. The molecule has 1 saturated heterocycles. The Bertz CT molecular complexity index is 466. The van der Waals surface area contributed by atoms with E-state index in [1.165, 1.54) is 0 Å². The number of halogens is 1. The second kappa shape index (κ2) is 15.9. The summed E-state index contributed by atoms with van der Waals surface area (Å²) in [5.74, 6) is 0.796. The Morgan fingerprint density at radius 3 is 2.28 bits per heavy atom. The van der Waals surface area contributed by atoms with Crippen LogP contribution >= 0.6 is 24.0 Å². The van der Waals surface area contributed by atoms with Crippen LogP contribution in [0.1, 0.15) is 27.2 Å². The van der Waals surface area contributed by atoms with Gasteiger partial charge in [0.15, 0.2) is 5.96 Å². The zero-order valence-electron chi connectivity index (χ0n) is 18.7. The molecule has 0 spiro atoms. The van der Waals surface area contributed by atoms with Crippen LogP contribution in [0.3, 0.4) is 0 Å². The second-order valence-corrected chi connectivity index (χ2v) is 7.69. The molecule has 1 fully saturated rings. The maximum absolute atomic E-state index is 12.1. The largest absolute Gasteiger partial charge is 0.444 e. The number of amides is 1. The van der Waals surface area contributed by atoms with Gasteiger partial charge in [-0.15, -0.1) is 24.0 Å². The summed E-state index contributed by atoms with van der Waals surface area (Å²) in [6.07, 6.45) is 0.693. The number of nitrogens with zero attached hydrogens (tertiary/aromatic N) is 3. The average Bonchev–Trinajstić information content (AvgIpc) is 2.65. The molecule has 0 aromatic carbocycles. The Morgan fingerprint density at radius 2 is 1.69 bits per heavy atom. The lowest BCUT2D eigenvalue weighted by molar-refractivity contribution is 0.0147. The van der Waals surface area contributed by atoms with Gasteiger partial charge in [-0.25, -0.2) is 4.79 Å². The maximum atomic E-state index is 12.1. The third-order valence-electron chi connectivity index (χ3n) is 4.16. The summed E-state index contributed by atoms with van der Waals surface area (Å²) in [6.45, 7) is 13.3. The van der Waals surface area contributed by atoms with Gasteiger partial charge in [-0.1, -0.05) is 0 Å². The normalized spacial score (nSPS) is 15.6. The Kier molecular flexibility index (Phi) is 15.5. The van der Waals surface area contributed by atoms with E-state index in [-0.39, 0.29) is 30.1 Å². The molecule has 0 unspecified atom stereocenters. The van der Waals surface area contributed by atoms with Gasteiger partial charge in [0.2, 0.25) is 0 Å². The maximum Gasteiger partial charge on any atom is 0.410 e. The first kappa shape index (κ1) is 28.1. The van der Waals surface area contributed by atoms with Crippen molar-refractivity contribution in [1.82, 2.24) is 20.4 Å². The molecule has 1 heterocycles. The molecule has 0 bridgehead atoms. The van der Waals surface area contributed by atoms with Crippen LogP contribution in [0.5, 0.6) is 0 Å². The van der Waals surface area contributed by atoms with E-state index < -0.39 is 5.60 Å². The predicted octanol–water partition coefficient (Wildman–Crippen LogP) is 1.38. The topological polar surface area (TPSA) is 87.7 Å². The number of hydrogen-bond acceptors (Lipinski definition) is 6. The lowest BCUT2D eigenvalue weighted by Crippen LogP contribution is -2.51. The molecular formula is C19H40IN5O4. The van der Waals surface area contributed by atoms with Crippen LogP contribution in [0.4, 0.5) is 4.79 Å². The van der Waals surface area contributed by atoms with Gasteiger partial charge in [0, 0.05) is 66.6 Å². The lowest BCUT2D eigenvalue weighted by Gasteiger charge is -2.35. The second-order valence-electron chi connectivity index (χ2n) is 7.69. The van der Waals surface area contributed by atoms with E-state index in [2.05, 4.69) is 20.5 Å². The summed E-state index contributed by atoms with van der Waals surface area (Å²) < 4.78 is 15.8. The van der Waals surface area contributed by atoms with Gasteiger partial charge in [-0.05, 0) is 27.2 Å². The van der Waals surface area contributed by atoms with E-state index >= 15 is 0 Å². The lowest BCUT2D eigenvalue weighted by atomic mass is 10.2. The third kappa shape index (κ3) is 13.9. The number of ether oxygens (including phenoxy) is 3. The summed E-state index contributed by atoms with van der Waals surface area (Å²) in [7, 11) is 3.44. The van der Waals surface area contributed by atoms with Crippen molar-refractivity contribution in [3.05, 3.63) is 0 Å². The standard InChI is InChI=1S/C19H39N5O4.HI/c1-19(2,3)28-18(25)24-12-10-23(11-13-24)9-8-22-17(20-4)21-7-6-14-27-16-15-26-5;/h6-16H2,1-5H3,(H2,20,21,22);1H. The van der Waals surface area contributed by atoms with Crippen molar-refractivity contribution in [1.29, 1.82) is 0 Å². The van der Waals surface area contributed by atoms with Crippen molar-refractivity contribution in [2.75, 3.05) is 79.8 Å². The number of aliphatic imine (C=N–C) groups is 1. The highest BCUT2D eigenvalue weighted by Crippen LogP contribution is 2.11. The molecule has 172 valence electrons. The number of piperazine rings is 1. The zero-order chi connectivity index (χ0) is 20.8. The first-order chi connectivity index (χ1) is 13.4. The molecule has 1 amide bonds. The van der Waals surface area contributed by atoms with Crippen molar-refractivity contribution >= 4 is 36.0 Å². The summed E-state index contributed by atoms with van der Waals surface area (Å²) in [5.41, 5.74) is -0.447. The first-order valence-corrected chi connectivity index (χ1v) is 10.1. The molecule has 29 heavy (non-hydrogen) atoms. The molecule has 9 nitrogen and oxygen atoms in total. The molecule has 0 atom stereocenters. The Balaban J connectivity index is 0.00000784. The molecular weight excluding hydrogens is 489 g/mol. The van der Waals surface area contributed by atoms with Crippen molar-refractivity contribution in [2.45, 2.75) is 32.8 Å². The average molecular weight is 529 g/mol. The Labute approximate surface area is 192 Å². The first-order valence-electron chi connectivity index (χ1n) is 10.1. The highest BCUT2D eigenvalue weighted by atomic mass is 127. The van der Waals surface area contributed by atoms with Crippen LogP contribution in [0.25, 0.3) is 0 Å². The molecule has 0 saturated carbocycles. The van der Waals surface area contributed by atoms with Crippen molar-refractivity contribution < 1.29 is 19.0 Å². The molecule has 0 radical (unpaired) electrons. The summed E-state index contributed by atoms with van der Waals surface area (Å²) in [5, 5.41) is 6.61. The van der Waals surface area contributed by atoms with E-state index in [1.54, 1.807) is 19.1 Å². The van der Waals surface area contributed by atoms with Crippen LogP contribution in [0, 0.1) is 0 Å². The van der Waals surface area contributed by atoms with Gasteiger partial charge in [-0.2, -0.15) is 0 Å². The van der Waals surface area contributed by atoms with Gasteiger partial charge in [-0.3, -0.25) is 9.89 Å². The third-order valence-corrected chi connectivity index (χ3v) is 4.16. The predicted molar refractivity (Wildman–Crippen MR) is 126 cm³/mol. The van der Waals surface area contributed by atoms with Gasteiger partial charge >= 0.3 is 6.09 Å². The van der Waals surface area contributed by atoms with Crippen LogP contribution in [-0.2, 0) is 14.2 Å². The minimum atomic E-state index is -0.447. The number of carbonyl (C=O) groups is 1. The quantitative estimate of drug-likeness (QED) is 0.191. The fourth-order valence-corrected chi connectivity index (χ4v) is 2.66. The van der Waals surface area contributed by atoms with Crippen LogP contribution in [-0.4, -0.2) is 107 Å². The van der Waals surface area contributed by atoms with Crippen molar-refractivity contribution in [3.63, 3.8) is 0 Å². The van der Waals surface area contributed by atoms with Crippen molar-refractivity contribution in [2.24, 2.45) is 4.99 Å². The summed E-state index contributed by atoms with van der Waals surface area (Å²) in [4.78, 5) is 20.4. The van der Waals surface area contributed by atoms with Gasteiger partial charge in [0.05, 0.1) is 13.2 Å². The smallest absolute Gasteiger partial charge is 0.410 e. The fourth-order valence-electron chi connectivity index (χ4n) is 2.66. The van der Waals surface area contributed by atoms with Gasteiger partial charge in [0.25, 0.3) is 0 Å². The van der Waals surface area contributed by atoms with E-state index in [9.17, 15) is 4.79 Å². The molecule has 2 N–H and O–H groups in total. The van der Waals surface area contributed by atoms with Gasteiger partial charge < -0.3 is 29.7 Å². The fraction of sp³-hybridized carbons (Fsp3) is 0.895. The van der Waals surface area contributed by atoms with E-state index in [0.29, 0.717) is 32.9 Å². The SMILES string of the molecule is CN=C(NCCCOCCOC)NCCN1CCN(C(=O)OC(C)(C)C)CC1.I. The summed E-state index contributed by atoms with van der Waals surface area (Å²) >= 11 is 0. The number of rotatable bonds is 10. The molecule has 1 aliphatic heterocycles. The zero-order valence-corrected chi connectivity index (χ0v) is 21.0. The molecule has 10 heteroatoms. The number of carbonyl (C=O) groups excluding carboxylic acids is 1. The Morgan fingerprint density at radius 1 is 1.03 bits per heavy atom. The number of nitrogens with one attached hydrogen (secondary N) is 2. The molecule has 0 aromatic rings. The number of hydrogen-bond donors (Lipinski definition) is 2. The monoisotopic (exact) mass is 529 g/mol. The van der Waals surface area contributed by atoms with Crippen LogP contribution < -0.4 is 10.6 Å². The highest BCUT2D eigenvalue weighted by Gasteiger charge is 2.25. The summed E-state index contributed by atoms with van der Waals surface area (Å²) in [6, 6.07) is 0. The van der Waals surface area contributed by atoms with E-state index in [0.717, 1.165) is 45.1 Å². The Hall–Kier alpha value is -0.850. The van der Waals surface area contributed by atoms with E-state index in [1.807, 2.05) is 20.8 Å². The minimum Gasteiger partial charge on any atom is -0.444 e. The highest BCUT2D eigenvalue weighted by molar-refractivity contribution is 14.0. The number of guanidine groups is 1. The van der Waals surface area contributed by atoms with Gasteiger partial charge in [0.1, 0.15) is 5.60 Å². The molecule has 1 rings (SSSR count). The van der Waals surface area contributed by atoms with E-state index in [4.69, 9.17) is 14.2 Å². The molecule has 1 aliphatic rings. The van der Waals surface area contributed by atoms with Crippen LogP contribution in [0.15, 0.2) is 4.99 Å². The number of methoxy groups -OCH3 is 1. The van der Waals surface area contributed by atoms with Crippen molar-refractivity contribution in [3.8, 4) is 0 Å².